The van der Waals surface area contributed by atoms with Crippen molar-refractivity contribution in [3.05, 3.63) is 24.5 Å². The van der Waals surface area contributed by atoms with Gasteiger partial charge in [-0.25, -0.2) is 9.28 Å². The van der Waals surface area contributed by atoms with Crippen molar-refractivity contribution in [1.29, 1.82) is 0 Å². The molecule has 1 fully saturated rings. The normalized spacial score (nSPS) is 24.6. The summed E-state index contributed by atoms with van der Waals surface area (Å²) in [6, 6.07) is 3.58. The standard InChI is InChI=1S/C11H13N3O2/c12-10(15)8-14(6-2-4-11(14)16)9-3-1-5-13-7-9/h1,3,5,7H,2,4,6,8H2,(H-,12,15)/p+1. The number of carbonyl (C=O) groups is 2. The van der Waals surface area contributed by atoms with Crippen molar-refractivity contribution >= 4 is 17.5 Å². The van der Waals surface area contributed by atoms with Gasteiger partial charge in [0.15, 0.2) is 12.2 Å². The molecule has 1 atom stereocenters. The third-order valence-corrected chi connectivity index (χ3v) is 2.97. The number of rotatable bonds is 3. The molecule has 1 aromatic rings. The van der Waals surface area contributed by atoms with Crippen molar-refractivity contribution in [2.75, 3.05) is 13.1 Å². The van der Waals surface area contributed by atoms with Crippen molar-refractivity contribution in [3.8, 4) is 0 Å². The van der Waals surface area contributed by atoms with Gasteiger partial charge >= 0.3 is 5.91 Å². The molecule has 5 nitrogen and oxygen atoms in total. The monoisotopic (exact) mass is 220 g/mol. The molecule has 0 aliphatic carbocycles. The summed E-state index contributed by atoms with van der Waals surface area (Å²) in [7, 11) is 0. The van der Waals surface area contributed by atoms with Crippen LogP contribution in [-0.2, 0) is 9.59 Å². The van der Waals surface area contributed by atoms with Gasteiger partial charge in [0.2, 0.25) is 0 Å². The second-order valence-electron chi connectivity index (χ2n) is 4.02. The first kappa shape index (κ1) is 10.8. The van der Waals surface area contributed by atoms with Gasteiger partial charge in [-0.1, -0.05) is 0 Å². The van der Waals surface area contributed by atoms with Crippen molar-refractivity contribution in [2.24, 2.45) is 5.73 Å². The minimum absolute atomic E-state index is 0.0309. The Morgan fingerprint density at radius 3 is 2.88 bits per heavy atom. The van der Waals surface area contributed by atoms with E-state index in [-0.39, 0.29) is 16.9 Å². The van der Waals surface area contributed by atoms with Crippen LogP contribution in [0.2, 0.25) is 0 Å². The fourth-order valence-corrected chi connectivity index (χ4v) is 2.24. The number of likely N-dealkylation sites (tertiary alicyclic amines) is 1. The Labute approximate surface area is 93.5 Å². The number of nitrogens with two attached hydrogens (primary N) is 1. The number of pyridine rings is 1. The topological polar surface area (TPSA) is 73.1 Å². The van der Waals surface area contributed by atoms with E-state index in [0.29, 0.717) is 13.0 Å². The smallest absolute Gasteiger partial charge is 0.319 e. The lowest BCUT2D eigenvalue weighted by molar-refractivity contribution is -0.131. The molecule has 1 aliphatic rings. The number of amides is 2. The SMILES string of the molecule is NC(=O)C[N+]1(c2cccnc2)CCCC1=O. The maximum atomic E-state index is 12.0. The van der Waals surface area contributed by atoms with E-state index in [1.54, 1.807) is 18.5 Å². The van der Waals surface area contributed by atoms with Crippen molar-refractivity contribution in [2.45, 2.75) is 12.8 Å². The molecule has 16 heavy (non-hydrogen) atoms. The highest BCUT2D eigenvalue weighted by Crippen LogP contribution is 2.29. The Bertz CT molecular complexity index is 418. The average molecular weight is 220 g/mol. The molecule has 5 heteroatoms. The number of hydrogen-bond donors (Lipinski definition) is 1. The maximum Gasteiger partial charge on any atom is 0.319 e. The van der Waals surface area contributed by atoms with Crippen LogP contribution in [0.1, 0.15) is 12.8 Å². The molecule has 0 saturated carbocycles. The van der Waals surface area contributed by atoms with Gasteiger partial charge in [-0.15, -0.1) is 0 Å². The summed E-state index contributed by atoms with van der Waals surface area (Å²) in [5.41, 5.74) is 5.98. The molecule has 0 radical (unpaired) electrons. The lowest BCUT2D eigenvalue weighted by Crippen LogP contribution is -2.54. The van der Waals surface area contributed by atoms with Gasteiger partial charge in [-0.2, -0.15) is 0 Å². The summed E-state index contributed by atoms with van der Waals surface area (Å²) >= 11 is 0. The van der Waals surface area contributed by atoms with Crippen LogP contribution in [0.25, 0.3) is 0 Å². The number of primary amides is 1. The van der Waals surface area contributed by atoms with Gasteiger partial charge in [0.1, 0.15) is 0 Å². The van der Waals surface area contributed by atoms with E-state index in [1.165, 1.54) is 0 Å². The van der Waals surface area contributed by atoms with Gasteiger partial charge in [0, 0.05) is 18.7 Å². The molecule has 84 valence electrons. The largest absolute Gasteiger partial charge is 0.365 e. The number of aromatic nitrogens is 1. The van der Waals surface area contributed by atoms with E-state index >= 15 is 0 Å². The predicted octanol–water partition coefficient (Wildman–Crippen LogP) is 0.195. The minimum Gasteiger partial charge on any atom is -0.365 e. The Morgan fingerprint density at radius 2 is 2.38 bits per heavy atom. The summed E-state index contributed by atoms with van der Waals surface area (Å²) in [6.07, 6.45) is 4.57. The van der Waals surface area contributed by atoms with Crippen LogP contribution in [0.15, 0.2) is 24.5 Å². The highest BCUT2D eigenvalue weighted by Gasteiger charge is 2.44. The lowest BCUT2D eigenvalue weighted by atomic mass is 10.3. The van der Waals surface area contributed by atoms with Gasteiger partial charge in [-0.05, 0) is 6.07 Å². The second kappa shape index (κ2) is 4.02. The van der Waals surface area contributed by atoms with Crippen molar-refractivity contribution in [1.82, 2.24) is 9.47 Å². The molecule has 1 aromatic heterocycles. The zero-order valence-electron chi connectivity index (χ0n) is 8.93. The van der Waals surface area contributed by atoms with Gasteiger partial charge in [0.25, 0.3) is 5.91 Å². The fourth-order valence-electron chi connectivity index (χ4n) is 2.24. The molecule has 1 unspecified atom stereocenters. The van der Waals surface area contributed by atoms with Crippen LogP contribution in [-0.4, -0.2) is 29.9 Å². The number of carbonyl (C=O) groups excluding carboxylic acids is 2. The number of quaternary nitrogens is 1. The zero-order valence-corrected chi connectivity index (χ0v) is 8.93. The van der Waals surface area contributed by atoms with Gasteiger partial charge in [-0.3, -0.25) is 9.78 Å². The van der Waals surface area contributed by atoms with E-state index < -0.39 is 5.91 Å². The molecule has 0 aromatic carbocycles. The first-order valence-corrected chi connectivity index (χ1v) is 5.24. The highest BCUT2D eigenvalue weighted by molar-refractivity contribution is 5.95. The average Bonchev–Trinajstić information content (AvgIpc) is 2.62. The molecule has 1 aliphatic heterocycles. The summed E-state index contributed by atoms with van der Waals surface area (Å²) in [5.74, 6) is -0.411. The third-order valence-electron chi connectivity index (χ3n) is 2.97. The lowest BCUT2D eigenvalue weighted by Gasteiger charge is -2.28. The van der Waals surface area contributed by atoms with Crippen LogP contribution >= 0.6 is 0 Å². The molecule has 2 amide bonds. The highest BCUT2D eigenvalue weighted by atomic mass is 16.2. The van der Waals surface area contributed by atoms with E-state index in [9.17, 15) is 9.59 Å². The predicted molar refractivity (Wildman–Crippen MR) is 59.2 cm³/mol. The molecule has 0 bridgehead atoms. The summed E-state index contributed by atoms with van der Waals surface area (Å²) in [6.45, 7) is 0.665. The van der Waals surface area contributed by atoms with Crippen molar-refractivity contribution < 1.29 is 9.59 Å². The quantitative estimate of drug-likeness (QED) is 0.739. The van der Waals surface area contributed by atoms with E-state index in [1.807, 2.05) is 6.07 Å². The Morgan fingerprint density at radius 1 is 1.56 bits per heavy atom. The van der Waals surface area contributed by atoms with E-state index in [0.717, 1.165) is 12.1 Å². The number of hydrogen-bond acceptors (Lipinski definition) is 3. The van der Waals surface area contributed by atoms with Crippen LogP contribution in [0, 0.1) is 0 Å². The summed E-state index contributed by atoms with van der Waals surface area (Å²) < 4.78 is 0.0309. The summed E-state index contributed by atoms with van der Waals surface area (Å²) in [5, 5.41) is 0. The maximum absolute atomic E-state index is 12.0. The Hall–Kier alpha value is -1.75. The van der Waals surface area contributed by atoms with Crippen LogP contribution < -0.4 is 10.2 Å². The first-order chi connectivity index (χ1) is 7.65. The Balaban J connectivity index is 2.42. The van der Waals surface area contributed by atoms with Crippen molar-refractivity contribution in [3.63, 3.8) is 0 Å². The van der Waals surface area contributed by atoms with E-state index in [2.05, 4.69) is 4.98 Å². The minimum atomic E-state index is -0.459. The molecule has 2 rings (SSSR count). The molecular formula is C11H14N3O2+. The van der Waals surface area contributed by atoms with Crippen LogP contribution in [0.4, 0.5) is 5.69 Å². The summed E-state index contributed by atoms with van der Waals surface area (Å²) in [4.78, 5) is 27.1. The fraction of sp³-hybridized carbons (Fsp3) is 0.364. The molecule has 0 spiro atoms. The zero-order chi connectivity index (χ0) is 11.6. The molecular weight excluding hydrogens is 206 g/mol. The van der Waals surface area contributed by atoms with Gasteiger partial charge < -0.3 is 5.73 Å². The van der Waals surface area contributed by atoms with Gasteiger partial charge in [0.05, 0.1) is 19.2 Å². The third kappa shape index (κ3) is 1.69. The molecule has 1 saturated heterocycles. The number of nitrogens with zero attached hydrogens (tertiary/aromatic N) is 2. The first-order valence-electron chi connectivity index (χ1n) is 5.24. The van der Waals surface area contributed by atoms with E-state index in [4.69, 9.17) is 5.73 Å². The molecule has 2 N–H and O–H groups in total. The second-order valence-corrected chi connectivity index (χ2v) is 4.02. The van der Waals surface area contributed by atoms with Crippen LogP contribution in [0.5, 0.6) is 0 Å². The molecule has 2 heterocycles. The Kier molecular flexibility index (Phi) is 2.70. The van der Waals surface area contributed by atoms with Crippen LogP contribution in [0.3, 0.4) is 0 Å².